The van der Waals surface area contributed by atoms with Crippen molar-refractivity contribution in [2.75, 3.05) is 7.11 Å². The molecule has 0 spiro atoms. The number of fused-ring (bicyclic) bond motifs is 1. The van der Waals surface area contributed by atoms with E-state index in [0.717, 1.165) is 6.42 Å². The van der Waals surface area contributed by atoms with Crippen LogP contribution in [-0.2, 0) is 0 Å². The quantitative estimate of drug-likeness (QED) is 0.697. The van der Waals surface area contributed by atoms with Gasteiger partial charge in [0, 0.05) is 24.0 Å². The summed E-state index contributed by atoms with van der Waals surface area (Å²) in [6.07, 6.45) is 3.88. The highest BCUT2D eigenvalue weighted by Gasteiger charge is 2.17. The fourth-order valence-corrected chi connectivity index (χ4v) is 2.95. The number of rotatable bonds is 5. The number of carbonyl (C=O) groups is 1. The lowest BCUT2D eigenvalue weighted by Gasteiger charge is -2.10. The van der Waals surface area contributed by atoms with Crippen molar-refractivity contribution in [1.29, 1.82) is 0 Å². The molecule has 0 radical (unpaired) electrons. The van der Waals surface area contributed by atoms with Crippen LogP contribution in [0.3, 0.4) is 0 Å². The highest BCUT2D eigenvalue weighted by Crippen LogP contribution is 2.33. The smallest absolute Gasteiger partial charge is 0.272 e. The van der Waals surface area contributed by atoms with Crippen LogP contribution in [0.1, 0.15) is 30.6 Å². The Morgan fingerprint density at radius 2 is 2.15 bits per heavy atom. The number of H-pyrrole nitrogens is 1. The van der Waals surface area contributed by atoms with Gasteiger partial charge in [-0.15, -0.1) is 0 Å². The third-order valence-corrected chi connectivity index (χ3v) is 4.69. The number of nitrogens with one attached hydrogen (secondary N) is 2. The Bertz CT molecular complexity index is 1070. The van der Waals surface area contributed by atoms with Gasteiger partial charge in [0.15, 0.2) is 11.6 Å². The number of aromatic amines is 1. The van der Waals surface area contributed by atoms with E-state index in [1.54, 1.807) is 6.20 Å². The normalized spacial score (nSPS) is 12.2. The fourth-order valence-electron chi connectivity index (χ4n) is 2.72. The summed E-state index contributed by atoms with van der Waals surface area (Å²) in [4.78, 5) is 27.4. The number of amides is 1. The van der Waals surface area contributed by atoms with E-state index in [1.165, 1.54) is 35.9 Å². The molecule has 1 aromatic carbocycles. The SMILES string of the molecule is CC[C@H](C)NC(=O)c1cc2c(=O)[nH]c(-c3ccc(Cl)c(OC)c3F)cn2c1. The number of methoxy groups -OCH3 is 1. The third kappa shape index (κ3) is 3.55. The summed E-state index contributed by atoms with van der Waals surface area (Å²) in [7, 11) is 1.31. The summed E-state index contributed by atoms with van der Waals surface area (Å²) < 4.78 is 21.1. The number of hydrogen-bond acceptors (Lipinski definition) is 3. The van der Waals surface area contributed by atoms with Crippen molar-refractivity contribution in [3.05, 3.63) is 57.3 Å². The number of carbonyl (C=O) groups excluding carboxylic acids is 1. The minimum Gasteiger partial charge on any atom is -0.492 e. The topological polar surface area (TPSA) is 75.6 Å². The molecule has 1 amide bonds. The zero-order chi connectivity index (χ0) is 19.7. The van der Waals surface area contributed by atoms with Crippen molar-refractivity contribution in [3.63, 3.8) is 0 Å². The molecule has 2 heterocycles. The second-order valence-electron chi connectivity index (χ2n) is 6.24. The first-order chi connectivity index (χ1) is 12.8. The maximum Gasteiger partial charge on any atom is 0.272 e. The molecule has 0 bridgehead atoms. The molecule has 27 heavy (non-hydrogen) atoms. The van der Waals surface area contributed by atoms with Crippen LogP contribution in [0.4, 0.5) is 4.39 Å². The van der Waals surface area contributed by atoms with Gasteiger partial charge in [-0.1, -0.05) is 18.5 Å². The van der Waals surface area contributed by atoms with Gasteiger partial charge >= 0.3 is 0 Å². The van der Waals surface area contributed by atoms with E-state index in [1.807, 2.05) is 13.8 Å². The van der Waals surface area contributed by atoms with Gasteiger partial charge in [-0.05, 0) is 31.5 Å². The predicted octanol–water partition coefficient (Wildman–Crippen LogP) is 3.62. The number of nitrogens with zero attached hydrogens (tertiary/aromatic N) is 1. The first-order valence-electron chi connectivity index (χ1n) is 8.44. The van der Waals surface area contributed by atoms with Gasteiger partial charge in [0.1, 0.15) is 5.52 Å². The molecule has 3 rings (SSSR count). The Morgan fingerprint density at radius 1 is 1.41 bits per heavy atom. The summed E-state index contributed by atoms with van der Waals surface area (Å²) in [5.74, 6) is -1.05. The molecule has 0 aliphatic heterocycles. The van der Waals surface area contributed by atoms with Crippen LogP contribution >= 0.6 is 11.6 Å². The lowest BCUT2D eigenvalue weighted by Crippen LogP contribution is -2.31. The van der Waals surface area contributed by atoms with Crippen LogP contribution in [0.2, 0.25) is 5.02 Å². The monoisotopic (exact) mass is 391 g/mol. The minimum atomic E-state index is -0.679. The van der Waals surface area contributed by atoms with Crippen molar-refractivity contribution in [3.8, 4) is 17.0 Å². The molecule has 0 aliphatic rings. The average Bonchev–Trinajstić information content (AvgIpc) is 3.07. The van der Waals surface area contributed by atoms with Crippen LogP contribution < -0.4 is 15.6 Å². The van der Waals surface area contributed by atoms with Gasteiger partial charge in [0.2, 0.25) is 0 Å². The lowest BCUT2D eigenvalue weighted by molar-refractivity contribution is 0.0939. The molecule has 6 nitrogen and oxygen atoms in total. The molecule has 3 aromatic rings. The van der Waals surface area contributed by atoms with E-state index in [2.05, 4.69) is 10.3 Å². The van der Waals surface area contributed by atoms with Crippen LogP contribution in [0.5, 0.6) is 5.75 Å². The third-order valence-electron chi connectivity index (χ3n) is 4.39. The van der Waals surface area contributed by atoms with Gasteiger partial charge in [0.05, 0.1) is 23.4 Å². The highest BCUT2D eigenvalue weighted by atomic mass is 35.5. The molecule has 2 aromatic heterocycles. The average molecular weight is 392 g/mol. The first-order valence-corrected chi connectivity index (χ1v) is 8.81. The Kier molecular flexibility index (Phi) is 5.23. The van der Waals surface area contributed by atoms with E-state index in [-0.39, 0.29) is 39.5 Å². The van der Waals surface area contributed by atoms with Gasteiger partial charge in [-0.2, -0.15) is 0 Å². The molecule has 0 saturated heterocycles. The van der Waals surface area contributed by atoms with Crippen molar-refractivity contribution < 1.29 is 13.9 Å². The summed E-state index contributed by atoms with van der Waals surface area (Å²) >= 11 is 5.92. The number of hydrogen-bond donors (Lipinski definition) is 2. The molecule has 0 unspecified atom stereocenters. The summed E-state index contributed by atoms with van der Waals surface area (Å²) in [5, 5.41) is 2.98. The Hall–Kier alpha value is -2.80. The van der Waals surface area contributed by atoms with E-state index in [9.17, 15) is 14.0 Å². The maximum absolute atomic E-state index is 14.7. The molecule has 8 heteroatoms. The van der Waals surface area contributed by atoms with Crippen LogP contribution in [0.25, 0.3) is 16.8 Å². The molecule has 2 N–H and O–H groups in total. The number of aromatic nitrogens is 2. The van der Waals surface area contributed by atoms with Gasteiger partial charge in [0.25, 0.3) is 11.5 Å². The fraction of sp³-hybridized carbons (Fsp3) is 0.263. The Labute approximate surface area is 159 Å². The molecular weight excluding hydrogens is 373 g/mol. The molecule has 0 fully saturated rings. The van der Waals surface area contributed by atoms with Crippen LogP contribution in [0, 0.1) is 5.82 Å². The second-order valence-corrected chi connectivity index (χ2v) is 6.65. The van der Waals surface area contributed by atoms with Gasteiger partial charge in [-0.3, -0.25) is 9.59 Å². The number of halogens is 2. The highest BCUT2D eigenvalue weighted by molar-refractivity contribution is 6.32. The molecular formula is C19H19ClFN3O3. The lowest BCUT2D eigenvalue weighted by atomic mass is 10.1. The summed E-state index contributed by atoms with van der Waals surface area (Å²) in [5.41, 5.74) is 0.573. The van der Waals surface area contributed by atoms with Crippen molar-refractivity contribution in [2.45, 2.75) is 26.3 Å². The molecule has 0 aliphatic carbocycles. The maximum atomic E-state index is 14.7. The van der Waals surface area contributed by atoms with E-state index >= 15 is 0 Å². The summed E-state index contributed by atoms with van der Waals surface area (Å²) in [6.45, 7) is 3.86. The van der Waals surface area contributed by atoms with Crippen molar-refractivity contribution in [2.24, 2.45) is 0 Å². The number of benzene rings is 1. The first kappa shape index (κ1) is 19.0. The molecule has 1 atom stereocenters. The van der Waals surface area contributed by atoms with E-state index in [4.69, 9.17) is 16.3 Å². The van der Waals surface area contributed by atoms with Crippen molar-refractivity contribution >= 4 is 23.0 Å². The van der Waals surface area contributed by atoms with Crippen molar-refractivity contribution in [1.82, 2.24) is 14.7 Å². The van der Waals surface area contributed by atoms with Crippen LogP contribution in [-0.4, -0.2) is 28.4 Å². The number of ether oxygens (including phenoxy) is 1. The molecule has 0 saturated carbocycles. The zero-order valence-electron chi connectivity index (χ0n) is 15.1. The predicted molar refractivity (Wildman–Crippen MR) is 102 cm³/mol. The second kappa shape index (κ2) is 7.44. The zero-order valence-corrected chi connectivity index (χ0v) is 15.9. The summed E-state index contributed by atoms with van der Waals surface area (Å²) in [6, 6.07) is 4.46. The van der Waals surface area contributed by atoms with E-state index in [0.29, 0.717) is 5.56 Å². The van der Waals surface area contributed by atoms with Gasteiger partial charge < -0.3 is 19.4 Å². The molecule has 142 valence electrons. The Morgan fingerprint density at radius 3 is 2.81 bits per heavy atom. The minimum absolute atomic E-state index is 0.0185. The van der Waals surface area contributed by atoms with Crippen LogP contribution in [0.15, 0.2) is 35.4 Å². The van der Waals surface area contributed by atoms with Gasteiger partial charge in [-0.25, -0.2) is 4.39 Å². The Balaban J connectivity index is 2.08. The largest absolute Gasteiger partial charge is 0.492 e. The standard InChI is InChI=1S/C19H19ClFN3O3/c1-4-10(2)22-18(25)11-7-15-19(26)23-14(9-24(15)8-11)12-5-6-13(20)17(27-3)16(12)21/h5-10H,4H2,1-3H3,(H,22,25)(H,23,26)/t10-/m0/s1. The van der Waals surface area contributed by atoms with E-state index < -0.39 is 11.4 Å².